The van der Waals surface area contributed by atoms with Gasteiger partial charge in [0.05, 0.1) is 11.3 Å². The van der Waals surface area contributed by atoms with Crippen LogP contribution in [0.3, 0.4) is 0 Å². The molecular weight excluding hydrogens is 314 g/mol. The van der Waals surface area contributed by atoms with Crippen molar-refractivity contribution in [2.24, 2.45) is 0 Å². The fourth-order valence-corrected chi connectivity index (χ4v) is 2.57. The number of tetrazole rings is 1. The van der Waals surface area contributed by atoms with Crippen LogP contribution in [0.15, 0.2) is 30.5 Å². The first kappa shape index (κ1) is 18.8. The van der Waals surface area contributed by atoms with Gasteiger partial charge in [0, 0.05) is 26.7 Å². The molecule has 6 heteroatoms. The Labute approximate surface area is 149 Å². The first-order chi connectivity index (χ1) is 12.0. The number of aromatic nitrogens is 4. The van der Waals surface area contributed by atoms with Crippen LogP contribution in [-0.2, 0) is 4.79 Å². The molecule has 1 aromatic heterocycles. The van der Waals surface area contributed by atoms with Crippen molar-refractivity contribution in [3.05, 3.63) is 41.9 Å². The van der Waals surface area contributed by atoms with Crippen LogP contribution in [0.2, 0.25) is 0 Å². The second-order valence-electron chi connectivity index (χ2n) is 6.49. The number of aryl methyl sites for hydroxylation is 1. The lowest BCUT2D eigenvalue weighted by molar-refractivity contribution is -0.113. The number of nitrogens with zero attached hydrogens (tertiary/aromatic N) is 5. The number of allylic oxidation sites excluding steroid dienone is 1. The van der Waals surface area contributed by atoms with Gasteiger partial charge in [-0.15, -0.1) is 5.10 Å². The number of rotatable bonds is 9. The standard InChI is InChI=1S/C19H27N5O/c1-5-6-7-8-9-18(25)17(14-23(3)4)19-20-21-22-24(19)16-12-10-15(2)11-13-16/h10-14H,5-9H2,1-4H3. The van der Waals surface area contributed by atoms with E-state index in [4.69, 9.17) is 0 Å². The van der Waals surface area contributed by atoms with E-state index in [1.807, 2.05) is 50.2 Å². The molecule has 0 spiro atoms. The molecule has 134 valence electrons. The molecule has 0 saturated heterocycles. The van der Waals surface area contributed by atoms with E-state index in [9.17, 15) is 4.79 Å². The van der Waals surface area contributed by atoms with Gasteiger partial charge in [0.25, 0.3) is 0 Å². The van der Waals surface area contributed by atoms with Crippen LogP contribution in [0.5, 0.6) is 0 Å². The maximum Gasteiger partial charge on any atom is 0.192 e. The average Bonchev–Trinajstić information content (AvgIpc) is 3.06. The van der Waals surface area contributed by atoms with Crippen molar-refractivity contribution >= 4 is 11.4 Å². The number of hydrogen-bond acceptors (Lipinski definition) is 5. The molecule has 0 amide bonds. The van der Waals surface area contributed by atoms with Crippen LogP contribution in [0.25, 0.3) is 11.3 Å². The zero-order valence-electron chi connectivity index (χ0n) is 15.6. The number of ketones is 1. The predicted molar refractivity (Wildman–Crippen MR) is 99.3 cm³/mol. The van der Waals surface area contributed by atoms with Crippen LogP contribution in [0, 0.1) is 6.92 Å². The van der Waals surface area contributed by atoms with E-state index < -0.39 is 0 Å². The Morgan fingerprint density at radius 2 is 1.88 bits per heavy atom. The minimum Gasteiger partial charge on any atom is -0.383 e. The molecule has 0 saturated carbocycles. The SMILES string of the molecule is CCCCCCC(=O)C(=CN(C)C)c1nnnn1-c1ccc(C)cc1. The Morgan fingerprint density at radius 3 is 2.52 bits per heavy atom. The summed E-state index contributed by atoms with van der Waals surface area (Å²) >= 11 is 0. The monoisotopic (exact) mass is 341 g/mol. The fraction of sp³-hybridized carbons (Fsp3) is 0.474. The minimum atomic E-state index is 0.0768. The van der Waals surface area contributed by atoms with E-state index in [1.165, 1.54) is 0 Å². The summed E-state index contributed by atoms with van der Waals surface area (Å²) in [6.07, 6.45) is 6.59. The molecule has 0 fully saturated rings. The first-order valence-corrected chi connectivity index (χ1v) is 8.80. The summed E-state index contributed by atoms with van der Waals surface area (Å²) < 4.78 is 1.62. The zero-order chi connectivity index (χ0) is 18.2. The third-order valence-corrected chi connectivity index (χ3v) is 3.93. The van der Waals surface area contributed by atoms with Gasteiger partial charge in [-0.25, -0.2) is 0 Å². The predicted octanol–water partition coefficient (Wildman–Crippen LogP) is 3.41. The number of benzene rings is 1. The number of unbranched alkanes of at least 4 members (excludes halogenated alkanes) is 3. The third-order valence-electron chi connectivity index (χ3n) is 3.93. The number of Topliss-reactive ketones (excluding diaryl/α,β-unsaturated/α-hetero) is 1. The molecule has 0 bridgehead atoms. The highest BCUT2D eigenvalue weighted by molar-refractivity contribution is 6.19. The van der Waals surface area contributed by atoms with E-state index in [-0.39, 0.29) is 5.78 Å². The minimum absolute atomic E-state index is 0.0768. The van der Waals surface area contributed by atoms with Crippen molar-refractivity contribution in [2.75, 3.05) is 14.1 Å². The van der Waals surface area contributed by atoms with Crippen molar-refractivity contribution < 1.29 is 4.79 Å². The molecular formula is C19H27N5O. The summed E-state index contributed by atoms with van der Waals surface area (Å²) in [5.74, 6) is 0.561. The van der Waals surface area contributed by atoms with Crippen molar-refractivity contribution in [3.8, 4) is 5.69 Å². The van der Waals surface area contributed by atoms with Gasteiger partial charge in [-0.2, -0.15) is 4.68 Å². The topological polar surface area (TPSA) is 63.9 Å². The highest BCUT2D eigenvalue weighted by atomic mass is 16.1. The fourth-order valence-electron chi connectivity index (χ4n) is 2.57. The first-order valence-electron chi connectivity index (χ1n) is 8.80. The summed E-state index contributed by atoms with van der Waals surface area (Å²) in [6.45, 7) is 4.19. The van der Waals surface area contributed by atoms with Gasteiger partial charge in [0.2, 0.25) is 0 Å². The Morgan fingerprint density at radius 1 is 1.16 bits per heavy atom. The van der Waals surface area contributed by atoms with Crippen molar-refractivity contribution in [1.82, 2.24) is 25.1 Å². The molecule has 0 radical (unpaired) electrons. The summed E-state index contributed by atoms with van der Waals surface area (Å²) in [5, 5.41) is 12.0. The van der Waals surface area contributed by atoms with Crippen LogP contribution in [0.1, 0.15) is 50.4 Å². The van der Waals surface area contributed by atoms with Gasteiger partial charge in [-0.3, -0.25) is 4.79 Å². The van der Waals surface area contributed by atoms with Crippen molar-refractivity contribution in [2.45, 2.75) is 46.0 Å². The lowest BCUT2D eigenvalue weighted by Gasteiger charge is -2.12. The molecule has 0 aliphatic heterocycles. The molecule has 25 heavy (non-hydrogen) atoms. The van der Waals surface area contributed by atoms with Crippen LogP contribution in [-0.4, -0.2) is 45.0 Å². The molecule has 0 N–H and O–H groups in total. The van der Waals surface area contributed by atoms with E-state index in [2.05, 4.69) is 22.4 Å². The van der Waals surface area contributed by atoms with Gasteiger partial charge >= 0.3 is 0 Å². The van der Waals surface area contributed by atoms with E-state index in [0.717, 1.165) is 36.9 Å². The maximum atomic E-state index is 12.8. The molecule has 1 aromatic carbocycles. The van der Waals surface area contributed by atoms with Gasteiger partial charge in [-0.1, -0.05) is 43.9 Å². The quantitative estimate of drug-likeness (QED) is 0.516. The largest absolute Gasteiger partial charge is 0.383 e. The van der Waals surface area contributed by atoms with E-state index >= 15 is 0 Å². The molecule has 6 nitrogen and oxygen atoms in total. The highest BCUT2D eigenvalue weighted by Gasteiger charge is 2.20. The van der Waals surface area contributed by atoms with Crippen LogP contribution in [0.4, 0.5) is 0 Å². The Bertz CT molecular complexity index is 716. The zero-order valence-corrected chi connectivity index (χ0v) is 15.6. The number of carbonyl (C=O) groups excluding carboxylic acids is 1. The van der Waals surface area contributed by atoms with Gasteiger partial charge in [0.1, 0.15) is 0 Å². The summed E-state index contributed by atoms with van der Waals surface area (Å²) in [4.78, 5) is 14.6. The second kappa shape index (κ2) is 9.11. The smallest absolute Gasteiger partial charge is 0.192 e. The molecule has 0 aliphatic carbocycles. The lowest BCUT2D eigenvalue weighted by atomic mass is 10.0. The molecule has 0 aliphatic rings. The number of hydrogen-bond donors (Lipinski definition) is 0. The van der Waals surface area contributed by atoms with Gasteiger partial charge < -0.3 is 4.90 Å². The van der Waals surface area contributed by atoms with E-state index in [0.29, 0.717) is 17.8 Å². The third kappa shape index (κ3) is 5.24. The second-order valence-corrected chi connectivity index (χ2v) is 6.49. The lowest BCUT2D eigenvalue weighted by Crippen LogP contribution is -2.13. The molecule has 2 rings (SSSR count). The summed E-state index contributed by atoms with van der Waals surface area (Å²) in [6, 6.07) is 7.91. The van der Waals surface area contributed by atoms with Gasteiger partial charge in [-0.05, 0) is 35.9 Å². The van der Waals surface area contributed by atoms with E-state index in [1.54, 1.807) is 10.9 Å². The van der Waals surface area contributed by atoms with Gasteiger partial charge in [0.15, 0.2) is 11.6 Å². The molecule has 2 aromatic rings. The average molecular weight is 341 g/mol. The van der Waals surface area contributed by atoms with Crippen LogP contribution >= 0.6 is 0 Å². The Balaban J connectivity index is 2.29. The number of carbonyl (C=O) groups is 1. The molecule has 0 unspecified atom stereocenters. The van der Waals surface area contributed by atoms with Crippen molar-refractivity contribution in [1.29, 1.82) is 0 Å². The molecule has 0 atom stereocenters. The molecule has 1 heterocycles. The Hall–Kier alpha value is -2.50. The maximum absolute atomic E-state index is 12.8. The summed E-state index contributed by atoms with van der Waals surface area (Å²) in [7, 11) is 3.79. The van der Waals surface area contributed by atoms with Crippen molar-refractivity contribution in [3.63, 3.8) is 0 Å². The summed E-state index contributed by atoms with van der Waals surface area (Å²) in [5.41, 5.74) is 2.55. The Kier molecular flexibility index (Phi) is 6.86. The normalized spacial score (nSPS) is 11.6. The highest BCUT2D eigenvalue weighted by Crippen LogP contribution is 2.20. The van der Waals surface area contributed by atoms with Crippen LogP contribution < -0.4 is 0 Å².